The zero-order valence-corrected chi connectivity index (χ0v) is 19.9. The predicted molar refractivity (Wildman–Crippen MR) is 129 cm³/mol. The first kappa shape index (κ1) is 23.5. The van der Waals surface area contributed by atoms with Gasteiger partial charge < -0.3 is 19.4 Å². The van der Waals surface area contributed by atoms with E-state index < -0.39 is 0 Å². The zero-order valence-electron chi connectivity index (χ0n) is 19.9. The normalized spacial score (nSPS) is 15.8. The number of aromatic amines is 1. The summed E-state index contributed by atoms with van der Waals surface area (Å²) in [6, 6.07) is 11.1. The molecule has 186 valence electrons. The van der Waals surface area contributed by atoms with Gasteiger partial charge in [-0.05, 0) is 48.7 Å². The molecule has 1 N–H and O–H groups in total. The molecule has 0 aliphatic carbocycles. The van der Waals surface area contributed by atoms with Crippen molar-refractivity contribution in [1.82, 2.24) is 29.9 Å². The number of halogens is 1. The van der Waals surface area contributed by atoms with Gasteiger partial charge in [-0.3, -0.25) is 9.59 Å². The van der Waals surface area contributed by atoms with Crippen LogP contribution in [0.2, 0.25) is 0 Å². The van der Waals surface area contributed by atoms with E-state index in [1.807, 2.05) is 0 Å². The summed E-state index contributed by atoms with van der Waals surface area (Å²) >= 11 is 0. The number of methoxy groups -OCH3 is 2. The van der Waals surface area contributed by atoms with E-state index in [4.69, 9.17) is 9.47 Å². The van der Waals surface area contributed by atoms with Crippen molar-refractivity contribution in [2.75, 3.05) is 27.3 Å². The Balaban J connectivity index is 1.40. The molecule has 1 unspecified atom stereocenters. The molecule has 2 aromatic heterocycles. The molecule has 5 rings (SSSR count). The lowest BCUT2D eigenvalue weighted by molar-refractivity contribution is 0.0704. The van der Waals surface area contributed by atoms with Crippen LogP contribution < -0.4 is 15.0 Å². The van der Waals surface area contributed by atoms with Crippen molar-refractivity contribution in [3.8, 4) is 11.5 Å². The van der Waals surface area contributed by atoms with Crippen LogP contribution in [0.1, 0.15) is 40.5 Å². The number of nitrogens with one attached hydrogen (secondary N) is 1. The molecule has 10 nitrogen and oxygen atoms in total. The van der Waals surface area contributed by atoms with Crippen molar-refractivity contribution in [2.24, 2.45) is 0 Å². The number of piperidine rings is 1. The summed E-state index contributed by atoms with van der Waals surface area (Å²) in [5.74, 6) is 0.895. The predicted octanol–water partition coefficient (Wildman–Crippen LogP) is 2.74. The number of nitrogens with zero attached hydrogens (tertiary/aromatic N) is 5. The number of carbonyl (C=O) groups excluding carboxylic acids is 1. The number of amides is 1. The highest BCUT2D eigenvalue weighted by atomic mass is 19.1. The van der Waals surface area contributed by atoms with Gasteiger partial charge in [0.05, 0.1) is 20.8 Å². The van der Waals surface area contributed by atoms with E-state index >= 15 is 0 Å². The van der Waals surface area contributed by atoms with Gasteiger partial charge in [0.25, 0.3) is 11.5 Å². The third-order valence-electron chi connectivity index (χ3n) is 6.36. The fourth-order valence-corrected chi connectivity index (χ4v) is 4.48. The lowest BCUT2D eigenvalue weighted by Crippen LogP contribution is -2.40. The Bertz CT molecular complexity index is 1470. The van der Waals surface area contributed by atoms with Crippen LogP contribution in [0, 0.1) is 5.82 Å². The Morgan fingerprint density at radius 2 is 1.92 bits per heavy atom. The minimum Gasteiger partial charge on any atom is -0.493 e. The molecule has 0 radical (unpaired) electrons. The summed E-state index contributed by atoms with van der Waals surface area (Å²) < 4.78 is 25.4. The molecule has 1 aliphatic rings. The molecule has 0 spiro atoms. The first-order valence-electron chi connectivity index (χ1n) is 11.6. The van der Waals surface area contributed by atoms with E-state index in [2.05, 4.69) is 20.3 Å². The van der Waals surface area contributed by atoms with Crippen LogP contribution in [-0.2, 0) is 6.54 Å². The minimum absolute atomic E-state index is 0.132. The first-order valence-corrected chi connectivity index (χ1v) is 11.6. The molecule has 1 aliphatic heterocycles. The van der Waals surface area contributed by atoms with Gasteiger partial charge in [0.1, 0.15) is 11.6 Å². The molecule has 2 aromatic carbocycles. The standard InChI is InChI=1S/C25H25FN6O4/c1-35-19-10-7-16(12-20(19)36-2)25(34)31-11-3-4-17(14-31)22-27-23-21(24(33)28-22)29-30-32(23)13-15-5-8-18(26)9-6-15/h5-10,12,17H,3-4,11,13-14H2,1-2H3,(H,27,28,33). The number of hydrogen-bond donors (Lipinski definition) is 1. The third kappa shape index (κ3) is 4.51. The van der Waals surface area contributed by atoms with E-state index in [1.54, 1.807) is 42.3 Å². The van der Waals surface area contributed by atoms with Crippen LogP contribution in [0.4, 0.5) is 4.39 Å². The smallest absolute Gasteiger partial charge is 0.281 e. The van der Waals surface area contributed by atoms with Crippen LogP contribution in [0.5, 0.6) is 11.5 Å². The number of carbonyl (C=O) groups is 1. The second-order valence-electron chi connectivity index (χ2n) is 8.66. The van der Waals surface area contributed by atoms with Gasteiger partial charge in [-0.1, -0.05) is 17.3 Å². The van der Waals surface area contributed by atoms with Crippen molar-refractivity contribution < 1.29 is 18.7 Å². The minimum atomic E-state index is -0.385. The summed E-state index contributed by atoms with van der Waals surface area (Å²) in [5.41, 5.74) is 1.39. The average Bonchev–Trinajstić information content (AvgIpc) is 3.32. The van der Waals surface area contributed by atoms with Crippen molar-refractivity contribution in [3.05, 3.63) is 75.6 Å². The van der Waals surface area contributed by atoms with Gasteiger partial charge in [-0.15, -0.1) is 5.10 Å². The lowest BCUT2D eigenvalue weighted by atomic mass is 9.96. The van der Waals surface area contributed by atoms with Crippen molar-refractivity contribution >= 4 is 17.1 Å². The molecule has 1 atom stereocenters. The van der Waals surface area contributed by atoms with Crippen LogP contribution in [0.25, 0.3) is 11.2 Å². The average molecular weight is 493 g/mol. The summed E-state index contributed by atoms with van der Waals surface area (Å²) in [5, 5.41) is 8.05. The van der Waals surface area contributed by atoms with Gasteiger partial charge >= 0.3 is 0 Å². The Labute approximate surface area is 205 Å². The van der Waals surface area contributed by atoms with Crippen molar-refractivity contribution in [2.45, 2.75) is 25.3 Å². The topological polar surface area (TPSA) is 115 Å². The largest absolute Gasteiger partial charge is 0.493 e. The van der Waals surface area contributed by atoms with Gasteiger partial charge in [-0.2, -0.15) is 0 Å². The number of ether oxygens (including phenoxy) is 2. The lowest BCUT2D eigenvalue weighted by Gasteiger charge is -2.32. The summed E-state index contributed by atoms with van der Waals surface area (Å²) in [4.78, 5) is 35.3. The van der Waals surface area contributed by atoms with Gasteiger partial charge in [-0.25, -0.2) is 14.1 Å². The molecule has 3 heterocycles. The quantitative estimate of drug-likeness (QED) is 0.440. The van der Waals surface area contributed by atoms with Crippen LogP contribution in [0.15, 0.2) is 47.3 Å². The Kier molecular flexibility index (Phi) is 6.36. The first-order chi connectivity index (χ1) is 17.5. The van der Waals surface area contributed by atoms with E-state index in [0.29, 0.717) is 48.2 Å². The van der Waals surface area contributed by atoms with Crippen LogP contribution in [0.3, 0.4) is 0 Å². The molecular formula is C25H25FN6O4. The fourth-order valence-electron chi connectivity index (χ4n) is 4.48. The molecule has 11 heteroatoms. The monoisotopic (exact) mass is 492 g/mol. The fraction of sp³-hybridized carbons (Fsp3) is 0.320. The molecule has 1 fully saturated rings. The third-order valence-corrected chi connectivity index (χ3v) is 6.36. The highest BCUT2D eigenvalue weighted by molar-refractivity contribution is 5.95. The number of likely N-dealkylation sites (tertiary alicyclic amines) is 1. The van der Waals surface area contributed by atoms with E-state index in [9.17, 15) is 14.0 Å². The Morgan fingerprint density at radius 3 is 2.67 bits per heavy atom. The molecule has 0 bridgehead atoms. The number of rotatable bonds is 6. The Morgan fingerprint density at radius 1 is 1.14 bits per heavy atom. The highest BCUT2D eigenvalue weighted by Gasteiger charge is 2.28. The summed E-state index contributed by atoms with van der Waals surface area (Å²) in [6.07, 6.45) is 1.53. The molecule has 1 saturated heterocycles. The van der Waals surface area contributed by atoms with Gasteiger partial charge in [0, 0.05) is 24.6 Å². The van der Waals surface area contributed by atoms with Crippen molar-refractivity contribution in [1.29, 1.82) is 0 Å². The number of fused-ring (bicyclic) bond motifs is 1. The Hall–Kier alpha value is -4.28. The second-order valence-corrected chi connectivity index (χ2v) is 8.66. The van der Waals surface area contributed by atoms with Crippen molar-refractivity contribution in [3.63, 3.8) is 0 Å². The number of hydrogen-bond acceptors (Lipinski definition) is 7. The summed E-state index contributed by atoms with van der Waals surface area (Å²) in [6.45, 7) is 1.29. The van der Waals surface area contributed by atoms with E-state index in [0.717, 1.165) is 18.4 Å². The maximum absolute atomic E-state index is 13.3. The van der Waals surface area contributed by atoms with Gasteiger partial charge in [0.15, 0.2) is 22.7 Å². The highest BCUT2D eigenvalue weighted by Crippen LogP contribution is 2.30. The molecule has 1 amide bonds. The number of aromatic nitrogens is 5. The maximum Gasteiger partial charge on any atom is 0.281 e. The molecular weight excluding hydrogens is 467 g/mol. The second kappa shape index (κ2) is 9.76. The SMILES string of the molecule is COc1ccc(C(=O)N2CCCC(c3nc4c(nnn4Cc4ccc(F)cc4)c(=O)[nH]3)C2)cc1OC. The van der Waals surface area contributed by atoms with Gasteiger partial charge in [0.2, 0.25) is 0 Å². The molecule has 0 saturated carbocycles. The van der Waals surface area contributed by atoms with Crippen LogP contribution in [-0.4, -0.2) is 63.1 Å². The summed E-state index contributed by atoms with van der Waals surface area (Å²) in [7, 11) is 3.07. The van der Waals surface area contributed by atoms with E-state index in [-0.39, 0.29) is 28.7 Å². The van der Waals surface area contributed by atoms with Crippen LogP contribution >= 0.6 is 0 Å². The molecule has 36 heavy (non-hydrogen) atoms. The molecule has 4 aromatic rings. The number of H-pyrrole nitrogens is 1. The zero-order chi connectivity index (χ0) is 25.2. The maximum atomic E-state index is 13.3. The van der Waals surface area contributed by atoms with E-state index in [1.165, 1.54) is 23.9 Å². The number of benzene rings is 2.